The van der Waals surface area contributed by atoms with Gasteiger partial charge in [-0.15, -0.1) is 0 Å². The summed E-state index contributed by atoms with van der Waals surface area (Å²) in [7, 11) is 1.55. The van der Waals surface area contributed by atoms with Crippen molar-refractivity contribution in [1.82, 2.24) is 5.32 Å². The molecule has 0 radical (unpaired) electrons. The molecule has 0 fully saturated rings. The average Bonchev–Trinajstić information content (AvgIpc) is 2.76. The highest BCUT2D eigenvalue weighted by atomic mass is 16.5. The number of aromatic hydroxyl groups is 1. The van der Waals surface area contributed by atoms with Crippen molar-refractivity contribution >= 4 is 0 Å². The lowest BCUT2D eigenvalue weighted by Gasteiger charge is -2.15. The fourth-order valence-corrected chi connectivity index (χ4v) is 2.33. The third kappa shape index (κ3) is 2.96. The van der Waals surface area contributed by atoms with Crippen molar-refractivity contribution in [3.63, 3.8) is 0 Å². The van der Waals surface area contributed by atoms with E-state index in [1.807, 2.05) is 32.0 Å². The Morgan fingerprint density at radius 3 is 2.70 bits per heavy atom. The number of phenolic OH excluding ortho intramolecular Hbond substituents is 1. The number of methoxy groups -OCH3 is 1. The lowest BCUT2D eigenvalue weighted by molar-refractivity contribution is 0.369. The second kappa shape index (κ2) is 6.01. The highest BCUT2D eigenvalue weighted by molar-refractivity contribution is 5.45. The minimum atomic E-state index is 0.151. The molecule has 1 unspecified atom stereocenters. The number of benzene rings is 1. The predicted molar refractivity (Wildman–Crippen MR) is 78.1 cm³/mol. The number of nitrogens with one attached hydrogen (secondary N) is 1. The monoisotopic (exact) mass is 275 g/mol. The summed E-state index contributed by atoms with van der Waals surface area (Å²) in [4.78, 5) is 0. The van der Waals surface area contributed by atoms with Crippen LogP contribution in [-0.4, -0.2) is 12.2 Å². The molecule has 0 amide bonds. The number of hydrogen-bond acceptors (Lipinski definition) is 4. The summed E-state index contributed by atoms with van der Waals surface area (Å²) in [5, 5.41) is 13.4. The highest BCUT2D eigenvalue weighted by Crippen LogP contribution is 2.30. The van der Waals surface area contributed by atoms with Crippen LogP contribution in [0.2, 0.25) is 0 Å². The molecule has 0 aliphatic rings. The molecule has 1 atom stereocenters. The standard InChI is InChI=1S/C16H21NO3/c1-10-8-14(12(3)20-10)11(2)17-9-13-6-5-7-15(19-4)16(13)18/h5-8,11,17-18H,9H2,1-4H3. The quantitative estimate of drug-likeness (QED) is 0.877. The normalized spacial score (nSPS) is 12.4. The number of phenols is 1. The van der Waals surface area contributed by atoms with Gasteiger partial charge in [-0.25, -0.2) is 0 Å². The summed E-state index contributed by atoms with van der Waals surface area (Å²) < 4.78 is 10.6. The topological polar surface area (TPSA) is 54.6 Å². The van der Waals surface area contributed by atoms with Crippen molar-refractivity contribution in [2.45, 2.75) is 33.4 Å². The number of hydrogen-bond donors (Lipinski definition) is 2. The average molecular weight is 275 g/mol. The molecule has 0 aliphatic carbocycles. The molecule has 4 nitrogen and oxygen atoms in total. The molecule has 1 aromatic heterocycles. The zero-order valence-corrected chi connectivity index (χ0v) is 12.4. The van der Waals surface area contributed by atoms with E-state index in [4.69, 9.17) is 9.15 Å². The van der Waals surface area contributed by atoms with Crippen molar-refractivity contribution in [3.8, 4) is 11.5 Å². The molecule has 0 bridgehead atoms. The van der Waals surface area contributed by atoms with Crippen LogP contribution in [0.4, 0.5) is 0 Å². The van der Waals surface area contributed by atoms with Gasteiger partial charge in [0.15, 0.2) is 11.5 Å². The molecule has 0 spiro atoms. The van der Waals surface area contributed by atoms with E-state index in [-0.39, 0.29) is 11.8 Å². The molecule has 20 heavy (non-hydrogen) atoms. The van der Waals surface area contributed by atoms with Gasteiger partial charge >= 0.3 is 0 Å². The van der Waals surface area contributed by atoms with E-state index in [0.717, 1.165) is 22.6 Å². The zero-order chi connectivity index (χ0) is 14.7. The van der Waals surface area contributed by atoms with E-state index >= 15 is 0 Å². The fourth-order valence-electron chi connectivity index (χ4n) is 2.33. The molecule has 0 saturated carbocycles. The Kier molecular flexibility index (Phi) is 4.35. The minimum absolute atomic E-state index is 0.151. The van der Waals surface area contributed by atoms with Crippen LogP contribution < -0.4 is 10.1 Å². The highest BCUT2D eigenvalue weighted by Gasteiger charge is 2.13. The van der Waals surface area contributed by atoms with Crippen LogP contribution in [0.15, 0.2) is 28.7 Å². The van der Waals surface area contributed by atoms with Crippen molar-refractivity contribution in [1.29, 1.82) is 0 Å². The Balaban J connectivity index is 2.07. The summed E-state index contributed by atoms with van der Waals surface area (Å²) >= 11 is 0. The number of ether oxygens (including phenoxy) is 1. The van der Waals surface area contributed by atoms with E-state index in [1.54, 1.807) is 13.2 Å². The van der Waals surface area contributed by atoms with Crippen LogP contribution in [0.1, 0.15) is 35.6 Å². The summed E-state index contributed by atoms with van der Waals surface area (Å²) in [5.41, 5.74) is 1.96. The first-order valence-electron chi connectivity index (χ1n) is 6.68. The number of rotatable bonds is 5. The van der Waals surface area contributed by atoms with Gasteiger partial charge in [0.05, 0.1) is 7.11 Å². The molecule has 2 aromatic rings. The fraction of sp³-hybridized carbons (Fsp3) is 0.375. The molecule has 0 saturated heterocycles. The lowest BCUT2D eigenvalue weighted by atomic mass is 10.1. The minimum Gasteiger partial charge on any atom is -0.504 e. The van der Waals surface area contributed by atoms with Crippen LogP contribution in [0.3, 0.4) is 0 Å². The maximum absolute atomic E-state index is 10.0. The van der Waals surface area contributed by atoms with Gasteiger partial charge in [-0.3, -0.25) is 0 Å². The van der Waals surface area contributed by atoms with Gasteiger partial charge < -0.3 is 19.6 Å². The van der Waals surface area contributed by atoms with Crippen LogP contribution in [0.5, 0.6) is 11.5 Å². The van der Waals surface area contributed by atoms with E-state index < -0.39 is 0 Å². The third-order valence-corrected chi connectivity index (χ3v) is 3.45. The van der Waals surface area contributed by atoms with Gasteiger partial charge in [0.1, 0.15) is 11.5 Å². The molecule has 2 rings (SSSR count). The van der Waals surface area contributed by atoms with E-state index in [0.29, 0.717) is 12.3 Å². The van der Waals surface area contributed by atoms with Crippen molar-refractivity contribution in [2.24, 2.45) is 0 Å². The summed E-state index contributed by atoms with van der Waals surface area (Å²) in [6.07, 6.45) is 0. The molecule has 0 aliphatic heterocycles. The maximum Gasteiger partial charge on any atom is 0.162 e. The van der Waals surface area contributed by atoms with E-state index in [9.17, 15) is 5.11 Å². The van der Waals surface area contributed by atoms with E-state index in [2.05, 4.69) is 12.2 Å². The Morgan fingerprint density at radius 2 is 2.10 bits per heavy atom. The Labute approximate surface area is 119 Å². The van der Waals surface area contributed by atoms with Crippen LogP contribution in [0, 0.1) is 13.8 Å². The first-order chi connectivity index (χ1) is 9.52. The van der Waals surface area contributed by atoms with Crippen molar-refractivity contribution < 1.29 is 14.3 Å². The Morgan fingerprint density at radius 1 is 1.35 bits per heavy atom. The summed E-state index contributed by atoms with van der Waals surface area (Å²) in [6.45, 7) is 6.54. The molecule has 108 valence electrons. The number of para-hydroxylation sites is 1. The van der Waals surface area contributed by atoms with Gasteiger partial charge in [0.2, 0.25) is 0 Å². The second-order valence-electron chi connectivity index (χ2n) is 4.94. The molecule has 4 heteroatoms. The van der Waals surface area contributed by atoms with Crippen LogP contribution in [-0.2, 0) is 6.54 Å². The molecular weight excluding hydrogens is 254 g/mol. The SMILES string of the molecule is COc1cccc(CNC(C)c2cc(C)oc2C)c1O. The predicted octanol–water partition coefficient (Wildman–Crippen LogP) is 3.46. The first-order valence-corrected chi connectivity index (χ1v) is 6.68. The summed E-state index contributed by atoms with van der Waals surface area (Å²) in [5.74, 6) is 2.52. The van der Waals surface area contributed by atoms with E-state index in [1.165, 1.54) is 0 Å². The summed E-state index contributed by atoms with van der Waals surface area (Å²) in [6, 6.07) is 7.68. The zero-order valence-electron chi connectivity index (χ0n) is 12.4. The second-order valence-corrected chi connectivity index (χ2v) is 4.94. The van der Waals surface area contributed by atoms with Crippen LogP contribution >= 0.6 is 0 Å². The van der Waals surface area contributed by atoms with Crippen molar-refractivity contribution in [3.05, 3.63) is 46.9 Å². The largest absolute Gasteiger partial charge is 0.504 e. The maximum atomic E-state index is 10.0. The smallest absolute Gasteiger partial charge is 0.162 e. The molecule has 1 aromatic carbocycles. The lowest BCUT2D eigenvalue weighted by Crippen LogP contribution is -2.18. The molecule has 1 heterocycles. The molecule has 2 N–H and O–H groups in total. The van der Waals surface area contributed by atoms with Gasteiger partial charge in [0.25, 0.3) is 0 Å². The van der Waals surface area contributed by atoms with Gasteiger partial charge in [-0.2, -0.15) is 0 Å². The number of aryl methyl sites for hydroxylation is 2. The van der Waals surface area contributed by atoms with Gasteiger partial charge in [0, 0.05) is 23.7 Å². The number of furan rings is 1. The Hall–Kier alpha value is -1.94. The Bertz CT molecular complexity index is 589. The van der Waals surface area contributed by atoms with Gasteiger partial charge in [-0.1, -0.05) is 12.1 Å². The third-order valence-electron chi connectivity index (χ3n) is 3.45. The molecular formula is C16H21NO3. The van der Waals surface area contributed by atoms with Crippen LogP contribution in [0.25, 0.3) is 0 Å². The first kappa shape index (κ1) is 14.5. The van der Waals surface area contributed by atoms with Crippen molar-refractivity contribution in [2.75, 3.05) is 7.11 Å². The van der Waals surface area contributed by atoms with Gasteiger partial charge in [-0.05, 0) is 32.9 Å².